The van der Waals surface area contributed by atoms with Gasteiger partial charge in [-0.2, -0.15) is 0 Å². The van der Waals surface area contributed by atoms with E-state index < -0.39 is 0 Å². The molecule has 0 radical (unpaired) electrons. The summed E-state index contributed by atoms with van der Waals surface area (Å²) in [6, 6.07) is 9.79. The van der Waals surface area contributed by atoms with Crippen LogP contribution < -0.4 is 9.47 Å². The molecule has 2 atom stereocenters. The molecule has 0 spiro atoms. The van der Waals surface area contributed by atoms with Gasteiger partial charge in [0.1, 0.15) is 11.9 Å². The van der Waals surface area contributed by atoms with Crippen molar-refractivity contribution in [1.29, 1.82) is 0 Å². The highest BCUT2D eigenvalue weighted by Crippen LogP contribution is 2.57. The van der Waals surface area contributed by atoms with Crippen LogP contribution in [0, 0.1) is 17.7 Å². The van der Waals surface area contributed by atoms with Gasteiger partial charge in [0, 0.05) is 27.3 Å². The maximum Gasteiger partial charge on any atom is 0.182 e. The molecule has 0 bridgehead atoms. The lowest BCUT2D eigenvalue weighted by Gasteiger charge is -2.05. The highest BCUT2D eigenvalue weighted by Gasteiger charge is 2.58. The molecule has 2 aliphatic carbocycles. The molecule has 0 aliphatic heterocycles. The lowest BCUT2D eigenvalue weighted by Crippen LogP contribution is -1.98. The van der Waals surface area contributed by atoms with Gasteiger partial charge in [-0.05, 0) is 50.1 Å². The first-order chi connectivity index (χ1) is 11.3. The number of halogens is 1. The van der Waals surface area contributed by atoms with E-state index in [1.165, 1.54) is 24.2 Å². The predicted molar refractivity (Wildman–Crippen MR) is 91.1 cm³/mol. The second-order valence-corrected chi connectivity index (χ2v) is 7.49. The van der Waals surface area contributed by atoms with Crippen LogP contribution in [0.15, 0.2) is 30.3 Å². The molecule has 23 heavy (non-hydrogen) atoms. The van der Waals surface area contributed by atoms with Crippen LogP contribution in [0.1, 0.15) is 19.8 Å². The number of hydrogen-bond donors (Lipinski definition) is 0. The molecular formula is C19H17FO2S. The number of benzene rings is 2. The number of thiophene rings is 1. The molecule has 2 fully saturated rings. The van der Waals surface area contributed by atoms with Crippen LogP contribution in [0.5, 0.6) is 11.5 Å². The van der Waals surface area contributed by atoms with E-state index in [0.29, 0.717) is 23.2 Å². The van der Waals surface area contributed by atoms with Gasteiger partial charge < -0.3 is 9.47 Å². The summed E-state index contributed by atoms with van der Waals surface area (Å²) in [4.78, 5) is 0. The summed E-state index contributed by atoms with van der Waals surface area (Å²) in [6.07, 6.45) is 3.04. The number of ether oxygens (including phenoxy) is 2. The van der Waals surface area contributed by atoms with E-state index in [4.69, 9.17) is 9.47 Å². The van der Waals surface area contributed by atoms with Gasteiger partial charge in [0.2, 0.25) is 0 Å². The average Bonchev–Trinajstić information content (AvgIpc) is 2.86. The molecule has 118 valence electrons. The van der Waals surface area contributed by atoms with Gasteiger partial charge >= 0.3 is 0 Å². The van der Waals surface area contributed by atoms with Gasteiger partial charge in [0.05, 0.1) is 11.3 Å². The summed E-state index contributed by atoms with van der Waals surface area (Å²) in [5, 5.41) is 2.03. The molecule has 0 saturated heterocycles. The standard InChI is InChI=1S/C19H17FO2S/c1-2-21-15-8-7-14-11-4-3-10(22-18-12-5-6-13(12)18)9-16(11)23-19(14)17(15)20/h3-4,7-9,12-13,18H,2,5-6H2,1H3. The first kappa shape index (κ1) is 13.6. The Morgan fingerprint density at radius 1 is 1.13 bits per heavy atom. The quantitative estimate of drug-likeness (QED) is 0.640. The van der Waals surface area contributed by atoms with E-state index in [0.717, 1.165) is 33.1 Å². The highest BCUT2D eigenvalue weighted by molar-refractivity contribution is 7.25. The van der Waals surface area contributed by atoms with Crippen molar-refractivity contribution in [3.05, 3.63) is 36.1 Å². The van der Waals surface area contributed by atoms with Crippen LogP contribution in [-0.2, 0) is 0 Å². The second-order valence-electron chi connectivity index (χ2n) is 6.43. The lowest BCUT2D eigenvalue weighted by atomic mass is 10.0. The number of rotatable bonds is 4. The minimum atomic E-state index is -0.256. The fraction of sp³-hybridized carbons (Fsp3) is 0.368. The van der Waals surface area contributed by atoms with Crippen molar-refractivity contribution in [2.75, 3.05) is 6.61 Å². The van der Waals surface area contributed by atoms with Crippen molar-refractivity contribution >= 4 is 31.5 Å². The zero-order valence-electron chi connectivity index (χ0n) is 12.8. The SMILES string of the molecule is CCOc1ccc2c(sc3cc(OC4C5CCC54)ccc32)c1F. The second kappa shape index (κ2) is 4.84. The summed E-state index contributed by atoms with van der Waals surface area (Å²) in [7, 11) is 0. The fourth-order valence-electron chi connectivity index (χ4n) is 3.73. The van der Waals surface area contributed by atoms with Crippen LogP contribution in [0.25, 0.3) is 20.2 Å². The molecular weight excluding hydrogens is 311 g/mol. The molecule has 2 unspecified atom stereocenters. The summed E-state index contributed by atoms with van der Waals surface area (Å²) in [6.45, 7) is 2.33. The fourth-order valence-corrected chi connectivity index (χ4v) is 4.89. The number of fused-ring (bicyclic) bond motifs is 4. The van der Waals surface area contributed by atoms with Gasteiger partial charge in [-0.1, -0.05) is 0 Å². The van der Waals surface area contributed by atoms with E-state index in [1.54, 1.807) is 6.07 Å². The van der Waals surface area contributed by atoms with E-state index in [9.17, 15) is 4.39 Å². The van der Waals surface area contributed by atoms with Gasteiger partial charge in [0.15, 0.2) is 11.6 Å². The van der Waals surface area contributed by atoms with Gasteiger partial charge in [-0.15, -0.1) is 11.3 Å². The third kappa shape index (κ3) is 1.97. The first-order valence-corrected chi connectivity index (χ1v) is 9.02. The van der Waals surface area contributed by atoms with Crippen molar-refractivity contribution in [2.24, 2.45) is 11.8 Å². The van der Waals surface area contributed by atoms with Gasteiger partial charge in [-0.25, -0.2) is 4.39 Å². The zero-order chi connectivity index (χ0) is 15.6. The van der Waals surface area contributed by atoms with E-state index in [-0.39, 0.29) is 5.82 Å². The van der Waals surface area contributed by atoms with Gasteiger partial charge in [0.25, 0.3) is 0 Å². The third-order valence-corrected chi connectivity index (χ3v) is 6.34. The van der Waals surface area contributed by atoms with Crippen molar-refractivity contribution in [3.8, 4) is 11.5 Å². The maximum atomic E-state index is 14.6. The monoisotopic (exact) mass is 328 g/mol. The summed E-state index contributed by atoms with van der Waals surface area (Å²) in [5.41, 5.74) is 0. The molecule has 1 aromatic heterocycles. The van der Waals surface area contributed by atoms with Gasteiger partial charge in [-0.3, -0.25) is 0 Å². The Labute approximate surface area is 137 Å². The minimum absolute atomic E-state index is 0.256. The molecule has 2 aliphatic rings. The van der Waals surface area contributed by atoms with Crippen LogP contribution in [0.4, 0.5) is 4.39 Å². The van der Waals surface area contributed by atoms with E-state index in [2.05, 4.69) is 6.07 Å². The summed E-state index contributed by atoms with van der Waals surface area (Å²) < 4.78 is 27.8. The Balaban J connectivity index is 1.56. The Kier molecular flexibility index (Phi) is 2.87. The van der Waals surface area contributed by atoms with Crippen LogP contribution in [0.3, 0.4) is 0 Å². The van der Waals surface area contributed by atoms with Crippen molar-refractivity contribution in [3.63, 3.8) is 0 Å². The third-order valence-electron chi connectivity index (χ3n) is 5.18. The Hall–Kier alpha value is -1.81. The molecule has 0 N–H and O–H groups in total. The molecule has 4 heteroatoms. The zero-order valence-corrected chi connectivity index (χ0v) is 13.7. The van der Waals surface area contributed by atoms with E-state index >= 15 is 0 Å². The molecule has 5 rings (SSSR count). The van der Waals surface area contributed by atoms with Crippen LogP contribution in [0.2, 0.25) is 0 Å². The molecule has 1 heterocycles. The topological polar surface area (TPSA) is 18.5 Å². The molecule has 2 nitrogen and oxygen atoms in total. The smallest absolute Gasteiger partial charge is 0.182 e. The molecule has 2 saturated carbocycles. The molecule has 3 aromatic rings. The molecule has 2 aromatic carbocycles. The average molecular weight is 328 g/mol. The normalized spacial score (nSPS) is 25.2. The largest absolute Gasteiger partial charge is 0.491 e. The lowest BCUT2D eigenvalue weighted by molar-refractivity contribution is 0.286. The Bertz CT molecular complexity index is 907. The van der Waals surface area contributed by atoms with Crippen LogP contribution in [-0.4, -0.2) is 12.7 Å². The molecule has 0 amide bonds. The number of hydrogen-bond acceptors (Lipinski definition) is 3. The summed E-state index contributed by atoms with van der Waals surface area (Å²) in [5.74, 6) is 2.57. The van der Waals surface area contributed by atoms with Crippen molar-refractivity contribution in [1.82, 2.24) is 0 Å². The predicted octanol–water partition coefficient (Wildman–Crippen LogP) is 5.38. The Morgan fingerprint density at radius 3 is 2.65 bits per heavy atom. The van der Waals surface area contributed by atoms with E-state index in [1.807, 2.05) is 25.1 Å². The minimum Gasteiger partial charge on any atom is -0.491 e. The van der Waals surface area contributed by atoms with Crippen molar-refractivity contribution < 1.29 is 13.9 Å². The van der Waals surface area contributed by atoms with Crippen LogP contribution >= 0.6 is 11.3 Å². The van der Waals surface area contributed by atoms with Crippen molar-refractivity contribution in [2.45, 2.75) is 25.9 Å². The highest BCUT2D eigenvalue weighted by atomic mass is 32.1. The first-order valence-electron chi connectivity index (χ1n) is 8.20. The maximum absolute atomic E-state index is 14.6. The summed E-state index contributed by atoms with van der Waals surface area (Å²) >= 11 is 1.47. The Morgan fingerprint density at radius 2 is 1.91 bits per heavy atom.